The van der Waals surface area contributed by atoms with Gasteiger partial charge in [0, 0.05) is 19.7 Å². The van der Waals surface area contributed by atoms with Crippen molar-refractivity contribution < 1.29 is 14.3 Å². The number of amides is 2. The van der Waals surface area contributed by atoms with Gasteiger partial charge in [0.25, 0.3) is 5.91 Å². The highest BCUT2D eigenvalue weighted by molar-refractivity contribution is 9.11. The molecule has 0 aliphatic carbocycles. The second-order valence-corrected chi connectivity index (χ2v) is 9.38. The number of carbonyl (C=O) groups excluding carboxylic acids is 2. The summed E-state index contributed by atoms with van der Waals surface area (Å²) >= 11 is 4.83. The smallest absolute Gasteiger partial charge is 0.260 e. The number of anilines is 2. The van der Waals surface area contributed by atoms with Crippen LogP contribution >= 0.6 is 27.3 Å². The molecule has 1 fully saturated rings. The number of rotatable bonds is 7. The van der Waals surface area contributed by atoms with Crippen molar-refractivity contribution in [3.63, 3.8) is 0 Å². The van der Waals surface area contributed by atoms with Crippen LogP contribution in [0.2, 0.25) is 0 Å². The number of nitrogens with one attached hydrogen (secondary N) is 2. The van der Waals surface area contributed by atoms with Gasteiger partial charge in [0.05, 0.1) is 57.7 Å². The van der Waals surface area contributed by atoms with Crippen LogP contribution in [0.15, 0.2) is 28.4 Å². The fourth-order valence-corrected chi connectivity index (χ4v) is 4.67. The Balaban J connectivity index is 1.39. The molecule has 0 spiro atoms. The third-order valence-corrected chi connectivity index (χ3v) is 6.32. The Bertz CT molecular complexity index is 1090. The molecule has 0 bridgehead atoms. The lowest BCUT2D eigenvalue weighted by molar-refractivity contribution is -0.121. The summed E-state index contributed by atoms with van der Waals surface area (Å²) in [5.74, 6) is -0.412. The first kappa shape index (κ1) is 20.9. The molecule has 3 aromatic heterocycles. The Morgan fingerprint density at radius 1 is 1.33 bits per heavy atom. The zero-order valence-corrected chi connectivity index (χ0v) is 18.9. The van der Waals surface area contributed by atoms with Crippen LogP contribution in [0.25, 0.3) is 4.83 Å². The van der Waals surface area contributed by atoms with Gasteiger partial charge in [0.1, 0.15) is 4.83 Å². The highest BCUT2D eigenvalue weighted by atomic mass is 79.9. The largest absolute Gasteiger partial charge is 0.376 e. The summed E-state index contributed by atoms with van der Waals surface area (Å²) < 4.78 is 8.04. The second kappa shape index (κ2) is 8.80. The van der Waals surface area contributed by atoms with Crippen molar-refractivity contribution in [1.29, 1.82) is 0 Å². The molecule has 0 aromatic carbocycles. The predicted molar refractivity (Wildman–Crippen MR) is 118 cm³/mol. The normalized spacial score (nSPS) is 14.6. The first-order valence-electron chi connectivity index (χ1n) is 9.47. The fourth-order valence-electron chi connectivity index (χ4n) is 3.23. The van der Waals surface area contributed by atoms with Gasteiger partial charge >= 0.3 is 0 Å². The fraction of sp³-hybridized carbons (Fsp3) is 0.368. The van der Waals surface area contributed by atoms with Gasteiger partial charge in [0.15, 0.2) is 0 Å². The van der Waals surface area contributed by atoms with E-state index in [1.165, 1.54) is 17.5 Å². The molecule has 1 aliphatic heterocycles. The molecule has 30 heavy (non-hydrogen) atoms. The number of hydrogen-bond donors (Lipinski definition) is 2. The number of aromatic nitrogens is 3. The van der Waals surface area contributed by atoms with Crippen LogP contribution in [0.4, 0.5) is 11.4 Å². The SMILES string of the molecule is CCOC1CN(CC(=O)Nc2cnc(C)c(NC(=O)c3cnn4cc(Br)sc34)c2)C1. The zero-order valence-electron chi connectivity index (χ0n) is 16.5. The Hall–Kier alpha value is -2.34. The van der Waals surface area contributed by atoms with Crippen LogP contribution in [0.5, 0.6) is 0 Å². The maximum atomic E-state index is 12.8. The van der Waals surface area contributed by atoms with Gasteiger partial charge in [-0.05, 0) is 35.8 Å². The average Bonchev–Trinajstić information content (AvgIpc) is 3.21. The maximum Gasteiger partial charge on any atom is 0.260 e. The summed E-state index contributed by atoms with van der Waals surface area (Å²) in [6.07, 6.45) is 5.13. The Labute approximate surface area is 185 Å². The van der Waals surface area contributed by atoms with Gasteiger partial charge in [-0.2, -0.15) is 5.10 Å². The predicted octanol–water partition coefficient (Wildman–Crippen LogP) is 2.77. The summed E-state index contributed by atoms with van der Waals surface area (Å²) in [4.78, 5) is 32.1. The third-order valence-electron chi connectivity index (χ3n) is 4.72. The first-order valence-corrected chi connectivity index (χ1v) is 11.1. The molecule has 11 heteroatoms. The van der Waals surface area contributed by atoms with E-state index in [1.54, 1.807) is 29.9 Å². The molecule has 2 amide bonds. The van der Waals surface area contributed by atoms with Gasteiger partial charge in [-0.15, -0.1) is 11.3 Å². The van der Waals surface area contributed by atoms with Crippen LogP contribution in [-0.4, -0.2) is 63.7 Å². The molecule has 158 valence electrons. The van der Waals surface area contributed by atoms with Crippen LogP contribution in [0.3, 0.4) is 0 Å². The quantitative estimate of drug-likeness (QED) is 0.525. The average molecular weight is 493 g/mol. The zero-order chi connectivity index (χ0) is 21.3. The summed E-state index contributed by atoms with van der Waals surface area (Å²) in [7, 11) is 0. The maximum absolute atomic E-state index is 12.8. The van der Waals surface area contributed by atoms with Crippen LogP contribution in [-0.2, 0) is 9.53 Å². The van der Waals surface area contributed by atoms with E-state index < -0.39 is 0 Å². The van der Waals surface area contributed by atoms with Gasteiger partial charge in [-0.25, -0.2) is 4.52 Å². The number of nitrogens with zero attached hydrogens (tertiary/aromatic N) is 4. The monoisotopic (exact) mass is 492 g/mol. The van der Waals surface area contributed by atoms with E-state index in [0.717, 1.165) is 21.7 Å². The molecule has 2 N–H and O–H groups in total. The van der Waals surface area contributed by atoms with Crippen molar-refractivity contribution in [3.8, 4) is 0 Å². The van der Waals surface area contributed by atoms with Crippen molar-refractivity contribution in [1.82, 2.24) is 19.5 Å². The summed E-state index contributed by atoms with van der Waals surface area (Å²) in [5, 5.41) is 9.90. The highest BCUT2D eigenvalue weighted by Gasteiger charge is 2.28. The van der Waals surface area contributed by atoms with Crippen molar-refractivity contribution >= 4 is 55.3 Å². The molecular formula is C19H21BrN6O3S. The molecular weight excluding hydrogens is 472 g/mol. The summed E-state index contributed by atoms with van der Waals surface area (Å²) in [5.41, 5.74) is 2.19. The minimum atomic E-state index is -0.282. The van der Waals surface area contributed by atoms with Crippen molar-refractivity contribution in [2.45, 2.75) is 20.0 Å². The third kappa shape index (κ3) is 4.53. The molecule has 3 aromatic rings. The molecule has 1 aliphatic rings. The Morgan fingerprint density at radius 3 is 2.90 bits per heavy atom. The summed E-state index contributed by atoms with van der Waals surface area (Å²) in [6.45, 7) is 6.25. The van der Waals surface area contributed by atoms with Crippen LogP contribution in [0.1, 0.15) is 23.0 Å². The van der Waals surface area contributed by atoms with Gasteiger partial charge in [-0.3, -0.25) is 19.5 Å². The van der Waals surface area contributed by atoms with E-state index in [2.05, 4.69) is 36.6 Å². The van der Waals surface area contributed by atoms with Crippen molar-refractivity contribution in [2.24, 2.45) is 0 Å². The molecule has 0 atom stereocenters. The molecule has 4 rings (SSSR count). The van der Waals surface area contributed by atoms with E-state index in [9.17, 15) is 9.59 Å². The minimum Gasteiger partial charge on any atom is -0.376 e. The number of carbonyl (C=O) groups is 2. The number of thiazole rings is 1. The Morgan fingerprint density at radius 2 is 2.13 bits per heavy atom. The van der Waals surface area contributed by atoms with E-state index in [-0.39, 0.29) is 17.9 Å². The molecule has 1 saturated heterocycles. The Kier molecular flexibility index (Phi) is 6.14. The van der Waals surface area contributed by atoms with Gasteiger partial charge < -0.3 is 15.4 Å². The molecule has 0 saturated carbocycles. The standard InChI is InChI=1S/C19H21BrN6O3S/c1-3-29-13-7-25(8-13)10-17(27)23-12-4-15(11(2)21-5-12)24-18(28)14-6-22-26-9-16(20)30-19(14)26/h4-6,9,13H,3,7-8,10H2,1-2H3,(H,23,27)(H,24,28). The van der Waals surface area contributed by atoms with E-state index in [0.29, 0.717) is 35.8 Å². The van der Waals surface area contributed by atoms with E-state index in [4.69, 9.17) is 4.74 Å². The van der Waals surface area contributed by atoms with Crippen LogP contribution in [0, 0.1) is 6.92 Å². The number of ether oxygens (including phenoxy) is 1. The molecule has 4 heterocycles. The lowest BCUT2D eigenvalue weighted by Crippen LogP contribution is -2.54. The van der Waals surface area contributed by atoms with E-state index >= 15 is 0 Å². The lowest BCUT2D eigenvalue weighted by Gasteiger charge is -2.38. The van der Waals surface area contributed by atoms with Gasteiger partial charge in [0.2, 0.25) is 5.91 Å². The number of aryl methyl sites for hydroxylation is 1. The second-order valence-electron chi connectivity index (χ2n) is 6.97. The first-order chi connectivity index (χ1) is 14.4. The number of halogens is 1. The minimum absolute atomic E-state index is 0.130. The number of fused-ring (bicyclic) bond motifs is 1. The molecule has 0 radical (unpaired) electrons. The van der Waals surface area contributed by atoms with Gasteiger partial charge in [-0.1, -0.05) is 0 Å². The number of pyridine rings is 1. The topological polar surface area (TPSA) is 101 Å². The lowest BCUT2D eigenvalue weighted by atomic mass is 10.1. The van der Waals surface area contributed by atoms with Crippen molar-refractivity contribution in [2.75, 3.05) is 36.9 Å². The van der Waals surface area contributed by atoms with Crippen molar-refractivity contribution in [3.05, 3.63) is 39.7 Å². The van der Waals surface area contributed by atoms with E-state index in [1.807, 2.05) is 11.8 Å². The number of likely N-dealkylation sites (tertiary alicyclic amines) is 1. The highest BCUT2D eigenvalue weighted by Crippen LogP contribution is 2.27. The van der Waals surface area contributed by atoms with Crippen LogP contribution < -0.4 is 10.6 Å². The number of hydrogen-bond acceptors (Lipinski definition) is 7. The molecule has 9 nitrogen and oxygen atoms in total. The molecule has 0 unspecified atom stereocenters. The summed E-state index contributed by atoms with van der Waals surface area (Å²) in [6, 6.07) is 1.71.